The summed E-state index contributed by atoms with van der Waals surface area (Å²) < 4.78 is 37.8. The van der Waals surface area contributed by atoms with Crippen LogP contribution in [0.3, 0.4) is 0 Å². The summed E-state index contributed by atoms with van der Waals surface area (Å²) in [7, 11) is 0. The molecule has 2 N–H and O–H groups in total. The van der Waals surface area contributed by atoms with Crippen molar-refractivity contribution >= 4 is 28.3 Å². The van der Waals surface area contributed by atoms with Gasteiger partial charge in [-0.2, -0.15) is 13.2 Å². The number of aromatic nitrogens is 1. The summed E-state index contributed by atoms with van der Waals surface area (Å²) >= 11 is 1.29. The van der Waals surface area contributed by atoms with Crippen molar-refractivity contribution in [1.82, 2.24) is 10.3 Å². The molecule has 3 rings (SSSR count). The molecule has 150 valence electrons. The summed E-state index contributed by atoms with van der Waals surface area (Å²) in [5.74, 6) is 0.0385. The molecule has 0 radical (unpaired) electrons. The van der Waals surface area contributed by atoms with E-state index in [1.807, 2.05) is 0 Å². The number of alkyl halides is 3. The van der Waals surface area contributed by atoms with E-state index in [0.717, 1.165) is 35.4 Å². The molecule has 9 heteroatoms. The maximum Gasteiger partial charge on any atom is 0.416 e. The first kappa shape index (κ1) is 20.3. The number of nitrogens with zero attached hydrogens (tertiary/aromatic N) is 1. The van der Waals surface area contributed by atoms with E-state index in [1.165, 1.54) is 23.5 Å². The minimum absolute atomic E-state index is 0.0632. The van der Waals surface area contributed by atoms with E-state index in [2.05, 4.69) is 15.6 Å². The number of hydrogen-bond acceptors (Lipinski definition) is 4. The zero-order valence-corrected chi connectivity index (χ0v) is 15.8. The molecule has 1 aromatic carbocycles. The minimum atomic E-state index is -4.35. The lowest BCUT2D eigenvalue weighted by atomic mass is 10.1. The van der Waals surface area contributed by atoms with Gasteiger partial charge in [0.1, 0.15) is 0 Å². The van der Waals surface area contributed by atoms with Crippen LogP contribution in [0, 0.1) is 5.92 Å². The number of nitrogens with one attached hydrogen (secondary N) is 2. The first-order chi connectivity index (χ1) is 13.3. The largest absolute Gasteiger partial charge is 0.416 e. The van der Waals surface area contributed by atoms with Crippen LogP contribution in [0.25, 0.3) is 0 Å². The van der Waals surface area contributed by atoms with E-state index in [0.29, 0.717) is 24.5 Å². The molecule has 1 aliphatic carbocycles. The Morgan fingerprint density at radius 2 is 1.89 bits per heavy atom. The molecule has 0 bridgehead atoms. The summed E-state index contributed by atoms with van der Waals surface area (Å²) in [6.07, 6.45) is 0.428. The topological polar surface area (TPSA) is 71.1 Å². The van der Waals surface area contributed by atoms with Crippen LogP contribution >= 0.6 is 11.3 Å². The van der Waals surface area contributed by atoms with Gasteiger partial charge in [0.2, 0.25) is 11.8 Å². The average molecular weight is 411 g/mol. The molecular formula is C19H20F3N3O2S. The third-order valence-corrected chi connectivity index (χ3v) is 5.20. The van der Waals surface area contributed by atoms with Gasteiger partial charge in [-0.1, -0.05) is 12.1 Å². The van der Waals surface area contributed by atoms with Crippen molar-refractivity contribution in [3.05, 3.63) is 46.5 Å². The van der Waals surface area contributed by atoms with E-state index in [-0.39, 0.29) is 24.2 Å². The Morgan fingerprint density at radius 1 is 1.18 bits per heavy atom. The predicted octanol–water partition coefficient (Wildman–Crippen LogP) is 4.00. The Balaban J connectivity index is 1.42. The number of thiazole rings is 1. The van der Waals surface area contributed by atoms with Crippen molar-refractivity contribution in [1.29, 1.82) is 0 Å². The molecule has 1 heterocycles. The minimum Gasteiger partial charge on any atom is -0.356 e. The van der Waals surface area contributed by atoms with Crippen LogP contribution in [0.2, 0.25) is 0 Å². The highest BCUT2D eigenvalue weighted by Crippen LogP contribution is 2.30. The van der Waals surface area contributed by atoms with E-state index >= 15 is 0 Å². The fourth-order valence-corrected chi connectivity index (χ4v) is 3.45. The molecule has 1 aliphatic rings. The van der Waals surface area contributed by atoms with Crippen LogP contribution in [0.15, 0.2) is 30.5 Å². The smallest absolute Gasteiger partial charge is 0.356 e. The lowest BCUT2D eigenvalue weighted by Crippen LogP contribution is -2.26. The number of anilines is 1. The lowest BCUT2D eigenvalue weighted by Gasteiger charge is -2.06. The van der Waals surface area contributed by atoms with Crippen molar-refractivity contribution in [2.24, 2.45) is 5.92 Å². The number of carbonyl (C=O) groups excluding carboxylic acids is 2. The molecule has 0 unspecified atom stereocenters. The van der Waals surface area contributed by atoms with Crippen LogP contribution < -0.4 is 10.6 Å². The zero-order valence-electron chi connectivity index (χ0n) is 15.0. The molecule has 0 atom stereocenters. The highest BCUT2D eigenvalue weighted by molar-refractivity contribution is 7.15. The Bertz CT molecular complexity index is 830. The fourth-order valence-electron chi connectivity index (χ4n) is 2.59. The SMILES string of the molecule is O=C(CCCNC(=O)C1CC1)Nc1ncc(Cc2ccc(C(F)(F)F)cc2)s1. The zero-order chi connectivity index (χ0) is 20.1. The molecule has 5 nitrogen and oxygen atoms in total. The fraction of sp³-hybridized carbons (Fsp3) is 0.421. The van der Waals surface area contributed by atoms with Gasteiger partial charge in [-0.25, -0.2) is 4.98 Å². The summed E-state index contributed by atoms with van der Waals surface area (Å²) in [5, 5.41) is 5.97. The van der Waals surface area contributed by atoms with Crippen LogP contribution in [0.5, 0.6) is 0 Å². The van der Waals surface area contributed by atoms with Crippen molar-refractivity contribution in [3.8, 4) is 0 Å². The number of rotatable bonds is 8. The van der Waals surface area contributed by atoms with Gasteiger partial charge in [0.15, 0.2) is 5.13 Å². The monoisotopic (exact) mass is 411 g/mol. The maximum atomic E-state index is 12.6. The van der Waals surface area contributed by atoms with Gasteiger partial charge in [-0.05, 0) is 37.0 Å². The Kier molecular flexibility index (Phi) is 6.33. The van der Waals surface area contributed by atoms with Crippen LogP contribution in [0.1, 0.15) is 41.7 Å². The number of carbonyl (C=O) groups is 2. The Hall–Kier alpha value is -2.42. The highest BCUT2D eigenvalue weighted by atomic mass is 32.1. The first-order valence-electron chi connectivity index (χ1n) is 8.99. The van der Waals surface area contributed by atoms with Gasteiger partial charge < -0.3 is 10.6 Å². The first-order valence-corrected chi connectivity index (χ1v) is 9.81. The van der Waals surface area contributed by atoms with Crippen molar-refractivity contribution in [2.75, 3.05) is 11.9 Å². The number of benzene rings is 1. The normalized spacial score (nSPS) is 14.0. The summed E-state index contributed by atoms with van der Waals surface area (Å²) in [6.45, 7) is 0.472. The second-order valence-electron chi connectivity index (χ2n) is 6.72. The molecule has 28 heavy (non-hydrogen) atoms. The number of hydrogen-bond donors (Lipinski definition) is 2. The molecule has 0 aliphatic heterocycles. The molecular weight excluding hydrogens is 391 g/mol. The summed E-state index contributed by atoms with van der Waals surface area (Å²) in [4.78, 5) is 28.4. The van der Waals surface area contributed by atoms with Crippen LogP contribution in [-0.4, -0.2) is 23.3 Å². The number of amides is 2. The average Bonchev–Trinajstić information content (AvgIpc) is 3.40. The van der Waals surface area contributed by atoms with E-state index in [9.17, 15) is 22.8 Å². The van der Waals surface area contributed by atoms with E-state index < -0.39 is 11.7 Å². The van der Waals surface area contributed by atoms with E-state index in [1.54, 1.807) is 6.20 Å². The number of halogens is 3. The van der Waals surface area contributed by atoms with Gasteiger partial charge in [0.25, 0.3) is 0 Å². The Morgan fingerprint density at radius 3 is 2.54 bits per heavy atom. The molecule has 0 saturated heterocycles. The molecule has 1 aromatic heterocycles. The second-order valence-corrected chi connectivity index (χ2v) is 7.84. The van der Waals surface area contributed by atoms with Crippen molar-refractivity contribution < 1.29 is 22.8 Å². The quantitative estimate of drug-likeness (QED) is 0.645. The Labute approximate surface area is 164 Å². The standard InChI is InChI=1S/C19H20F3N3O2S/c20-19(21,22)14-7-3-12(4-8-14)10-15-11-24-18(28-15)25-16(26)2-1-9-23-17(27)13-5-6-13/h3-4,7-8,11,13H,1-2,5-6,9-10H2,(H,23,27)(H,24,25,26). The molecule has 1 fully saturated rings. The second kappa shape index (κ2) is 8.72. The predicted molar refractivity (Wildman–Crippen MR) is 100.0 cm³/mol. The molecule has 1 saturated carbocycles. The highest BCUT2D eigenvalue weighted by Gasteiger charge is 2.30. The van der Waals surface area contributed by atoms with Gasteiger partial charge in [-0.15, -0.1) is 11.3 Å². The van der Waals surface area contributed by atoms with Gasteiger partial charge >= 0.3 is 6.18 Å². The van der Waals surface area contributed by atoms with E-state index in [4.69, 9.17) is 0 Å². The van der Waals surface area contributed by atoms with Gasteiger partial charge in [-0.3, -0.25) is 9.59 Å². The summed E-state index contributed by atoms with van der Waals surface area (Å²) in [5.41, 5.74) is 0.0581. The van der Waals surface area contributed by atoms with Crippen molar-refractivity contribution in [2.45, 2.75) is 38.3 Å². The van der Waals surface area contributed by atoms with Crippen LogP contribution in [0.4, 0.5) is 18.3 Å². The van der Waals surface area contributed by atoms with Crippen molar-refractivity contribution in [3.63, 3.8) is 0 Å². The third-order valence-electron chi connectivity index (χ3n) is 4.29. The molecule has 0 spiro atoms. The van der Waals surface area contributed by atoms with Gasteiger partial charge in [0.05, 0.1) is 5.56 Å². The summed E-state index contributed by atoms with van der Waals surface area (Å²) in [6, 6.07) is 5.00. The van der Waals surface area contributed by atoms with Crippen LogP contribution in [-0.2, 0) is 22.2 Å². The third kappa shape index (κ3) is 6.05. The van der Waals surface area contributed by atoms with Gasteiger partial charge in [0, 0.05) is 36.4 Å². The molecule has 2 aromatic rings. The maximum absolute atomic E-state index is 12.6. The molecule has 2 amide bonds. The lowest BCUT2D eigenvalue weighted by molar-refractivity contribution is -0.137.